The van der Waals surface area contributed by atoms with Crippen molar-refractivity contribution in [2.75, 3.05) is 19.4 Å². The van der Waals surface area contributed by atoms with E-state index in [0.717, 1.165) is 25.1 Å². The number of nitrogens with two attached hydrogens (primary N) is 1. The van der Waals surface area contributed by atoms with Crippen molar-refractivity contribution >= 4 is 27.9 Å². The molecular formula is C28H36F3N7O4. The lowest BCUT2D eigenvalue weighted by Gasteiger charge is -2.46. The maximum absolute atomic E-state index is 12.5. The molecule has 3 atom stereocenters. The van der Waals surface area contributed by atoms with Crippen LogP contribution in [0.4, 0.5) is 19.0 Å². The molecule has 1 saturated carbocycles. The van der Waals surface area contributed by atoms with Crippen LogP contribution in [0.2, 0.25) is 0 Å². The van der Waals surface area contributed by atoms with Gasteiger partial charge in [-0.1, -0.05) is 0 Å². The van der Waals surface area contributed by atoms with Gasteiger partial charge in [0.05, 0.1) is 16.4 Å². The third-order valence-electron chi connectivity index (χ3n) is 8.07. The van der Waals surface area contributed by atoms with E-state index < -0.39 is 24.8 Å². The SMILES string of the molecule is CO[C@H](CN(C(C)C)[C@H]1C[C@H](CCc2nc3cc(OC(F)(F)F)ccc3[nH]2)C1)[C@@H](O)[C@@H](O)n1ccc2c(N)ncnc21. The monoisotopic (exact) mass is 591 g/mol. The molecule has 5 N–H and O–H groups in total. The maximum atomic E-state index is 12.5. The van der Waals surface area contributed by atoms with Gasteiger partial charge in [0.15, 0.2) is 6.23 Å². The number of nitrogens with one attached hydrogen (secondary N) is 1. The van der Waals surface area contributed by atoms with Gasteiger partial charge in [0, 0.05) is 44.4 Å². The minimum Gasteiger partial charge on any atom is -0.406 e. The molecule has 1 aliphatic rings. The number of hydrogen-bond donors (Lipinski definition) is 4. The van der Waals surface area contributed by atoms with E-state index in [0.29, 0.717) is 46.8 Å². The first-order valence-electron chi connectivity index (χ1n) is 13.9. The Bertz CT molecular complexity index is 1500. The predicted molar refractivity (Wildman–Crippen MR) is 149 cm³/mol. The first kappa shape index (κ1) is 30.0. The molecule has 14 heteroatoms. The van der Waals surface area contributed by atoms with Crippen molar-refractivity contribution in [2.24, 2.45) is 5.92 Å². The highest BCUT2D eigenvalue weighted by atomic mass is 19.4. The first-order valence-corrected chi connectivity index (χ1v) is 13.9. The molecule has 0 bridgehead atoms. The number of imidazole rings is 1. The van der Waals surface area contributed by atoms with E-state index in [2.05, 4.69) is 43.4 Å². The van der Waals surface area contributed by atoms with Gasteiger partial charge in [-0.15, -0.1) is 13.2 Å². The second-order valence-electron chi connectivity index (χ2n) is 11.1. The highest BCUT2D eigenvalue weighted by molar-refractivity contribution is 5.86. The fraction of sp³-hybridized carbons (Fsp3) is 0.536. The zero-order valence-electron chi connectivity index (χ0n) is 23.6. The van der Waals surface area contributed by atoms with Crippen molar-refractivity contribution in [1.29, 1.82) is 0 Å². The minimum absolute atomic E-state index is 0.182. The molecule has 228 valence electrons. The van der Waals surface area contributed by atoms with Crippen LogP contribution < -0.4 is 10.5 Å². The Morgan fingerprint density at radius 2 is 1.95 bits per heavy atom. The molecule has 1 fully saturated rings. The van der Waals surface area contributed by atoms with E-state index in [4.69, 9.17) is 10.5 Å². The van der Waals surface area contributed by atoms with Crippen LogP contribution in [0, 0.1) is 5.92 Å². The number of halogens is 3. The Morgan fingerprint density at radius 1 is 1.19 bits per heavy atom. The molecule has 42 heavy (non-hydrogen) atoms. The normalized spacial score (nSPS) is 19.9. The smallest absolute Gasteiger partial charge is 0.406 e. The Kier molecular flexibility index (Phi) is 8.60. The van der Waals surface area contributed by atoms with Crippen LogP contribution in [0.5, 0.6) is 5.75 Å². The Balaban J connectivity index is 1.16. The average Bonchev–Trinajstić information content (AvgIpc) is 3.52. The lowest BCUT2D eigenvalue weighted by molar-refractivity contribution is -0.274. The van der Waals surface area contributed by atoms with Crippen molar-refractivity contribution < 1.29 is 32.9 Å². The number of aliphatic hydroxyl groups is 2. The molecule has 0 saturated heterocycles. The Hall–Kier alpha value is -3.46. The number of nitrogen functional groups attached to an aromatic ring is 1. The van der Waals surface area contributed by atoms with Gasteiger partial charge in [-0.3, -0.25) is 4.90 Å². The average molecular weight is 592 g/mol. The quantitative estimate of drug-likeness (QED) is 0.193. The van der Waals surface area contributed by atoms with Crippen LogP contribution in [0.3, 0.4) is 0 Å². The number of hydrogen-bond acceptors (Lipinski definition) is 9. The van der Waals surface area contributed by atoms with Crippen LogP contribution in [-0.4, -0.2) is 83.9 Å². The summed E-state index contributed by atoms with van der Waals surface area (Å²) in [4.78, 5) is 18.1. The number of ether oxygens (including phenoxy) is 2. The molecule has 5 rings (SSSR count). The van der Waals surface area contributed by atoms with Gasteiger partial charge in [0.2, 0.25) is 0 Å². The number of aryl methyl sites for hydroxylation is 1. The number of methoxy groups -OCH3 is 1. The summed E-state index contributed by atoms with van der Waals surface area (Å²) >= 11 is 0. The van der Waals surface area contributed by atoms with Crippen LogP contribution in [0.25, 0.3) is 22.1 Å². The first-order chi connectivity index (χ1) is 19.9. The molecule has 0 spiro atoms. The number of aromatic nitrogens is 5. The summed E-state index contributed by atoms with van der Waals surface area (Å²) in [6.07, 6.45) is -1.55. The number of alkyl halides is 3. The van der Waals surface area contributed by atoms with E-state index in [-0.39, 0.29) is 17.8 Å². The summed E-state index contributed by atoms with van der Waals surface area (Å²) in [6.45, 7) is 4.60. The summed E-state index contributed by atoms with van der Waals surface area (Å²) < 4.78 is 48.7. The molecule has 11 nitrogen and oxygen atoms in total. The van der Waals surface area contributed by atoms with E-state index in [1.807, 2.05) is 0 Å². The molecular weight excluding hydrogens is 555 g/mol. The summed E-state index contributed by atoms with van der Waals surface area (Å²) in [5.74, 6) is 1.18. The highest BCUT2D eigenvalue weighted by Crippen LogP contribution is 2.37. The Labute approximate surface area is 240 Å². The molecule has 1 aromatic carbocycles. The zero-order valence-corrected chi connectivity index (χ0v) is 23.6. The second kappa shape index (κ2) is 12.0. The topological polar surface area (TPSA) is 148 Å². The predicted octanol–water partition coefficient (Wildman–Crippen LogP) is 3.78. The summed E-state index contributed by atoms with van der Waals surface area (Å²) in [5.41, 5.74) is 7.42. The second-order valence-corrected chi connectivity index (χ2v) is 11.1. The number of nitrogens with zero attached hydrogens (tertiary/aromatic N) is 5. The van der Waals surface area contributed by atoms with Crippen molar-refractivity contribution in [3.63, 3.8) is 0 Å². The molecule has 0 amide bonds. The molecule has 0 unspecified atom stereocenters. The number of H-pyrrole nitrogens is 1. The minimum atomic E-state index is -4.75. The summed E-state index contributed by atoms with van der Waals surface area (Å²) in [5, 5.41) is 22.7. The number of fused-ring (bicyclic) bond motifs is 2. The van der Waals surface area contributed by atoms with Crippen molar-refractivity contribution in [2.45, 2.75) is 76.4 Å². The number of anilines is 1. The van der Waals surface area contributed by atoms with Crippen LogP contribution in [0.15, 0.2) is 36.8 Å². The van der Waals surface area contributed by atoms with E-state index in [1.165, 1.54) is 36.2 Å². The number of rotatable bonds is 12. The zero-order chi connectivity index (χ0) is 30.2. The highest BCUT2D eigenvalue weighted by Gasteiger charge is 2.38. The Morgan fingerprint density at radius 3 is 2.64 bits per heavy atom. The summed E-state index contributed by atoms with van der Waals surface area (Å²) in [6, 6.07) is 6.25. The summed E-state index contributed by atoms with van der Waals surface area (Å²) in [7, 11) is 1.52. The van der Waals surface area contributed by atoms with Crippen molar-refractivity contribution in [3.05, 3.63) is 42.6 Å². The molecule has 4 aromatic rings. The lowest BCUT2D eigenvalue weighted by Crippen LogP contribution is -2.53. The lowest BCUT2D eigenvalue weighted by atomic mass is 9.76. The van der Waals surface area contributed by atoms with Gasteiger partial charge in [0.25, 0.3) is 0 Å². The fourth-order valence-corrected chi connectivity index (χ4v) is 5.77. The number of aromatic amines is 1. The van der Waals surface area contributed by atoms with Gasteiger partial charge in [-0.25, -0.2) is 15.0 Å². The molecule has 1 aliphatic carbocycles. The molecule has 0 aliphatic heterocycles. The van der Waals surface area contributed by atoms with Gasteiger partial charge in [-0.05, 0) is 57.2 Å². The van der Waals surface area contributed by atoms with Crippen molar-refractivity contribution in [1.82, 2.24) is 29.4 Å². The molecule has 3 heterocycles. The van der Waals surface area contributed by atoms with E-state index in [9.17, 15) is 23.4 Å². The van der Waals surface area contributed by atoms with Gasteiger partial charge < -0.3 is 35.0 Å². The maximum Gasteiger partial charge on any atom is 0.573 e. The third-order valence-corrected chi connectivity index (χ3v) is 8.07. The van der Waals surface area contributed by atoms with E-state index in [1.54, 1.807) is 12.3 Å². The van der Waals surface area contributed by atoms with Crippen LogP contribution in [-0.2, 0) is 11.2 Å². The van der Waals surface area contributed by atoms with Crippen molar-refractivity contribution in [3.8, 4) is 5.75 Å². The number of benzene rings is 1. The van der Waals surface area contributed by atoms with Crippen LogP contribution >= 0.6 is 0 Å². The largest absolute Gasteiger partial charge is 0.573 e. The van der Waals surface area contributed by atoms with Gasteiger partial charge >= 0.3 is 6.36 Å². The third kappa shape index (κ3) is 6.46. The standard InChI is InChI=1S/C28H36F3N7O4/c1-15(2)38(13-22(41-3)24(39)27(40)37-9-8-19-25(32)33-14-34-26(19)37)17-10-16(11-17)4-7-23-35-20-6-5-18(12-21(20)36-23)42-28(29,30)31/h5-6,8-9,12,14-17,22,24,27,39-40H,4,7,10-11,13H2,1-3H3,(H,35,36)(H2,32,33,34)/t16-,17-,22-,24-,27-/m1/s1. The van der Waals surface area contributed by atoms with Crippen LogP contribution in [0.1, 0.15) is 45.2 Å². The number of aliphatic hydroxyl groups excluding tert-OH is 2. The fourth-order valence-electron chi connectivity index (χ4n) is 5.77. The molecule has 0 radical (unpaired) electrons. The van der Waals surface area contributed by atoms with Gasteiger partial charge in [-0.2, -0.15) is 0 Å². The van der Waals surface area contributed by atoms with E-state index >= 15 is 0 Å². The molecule has 3 aromatic heterocycles. The van der Waals surface area contributed by atoms with Gasteiger partial charge in [0.1, 0.15) is 41.6 Å².